The van der Waals surface area contributed by atoms with Crippen LogP contribution in [0.4, 0.5) is 16.2 Å². The van der Waals surface area contributed by atoms with Crippen molar-refractivity contribution in [3.8, 4) is 11.3 Å². The van der Waals surface area contributed by atoms with E-state index in [9.17, 15) is 8.42 Å². The average Bonchev–Trinajstić information content (AvgIpc) is 3.46. The van der Waals surface area contributed by atoms with E-state index >= 15 is 4.39 Å². The lowest BCUT2D eigenvalue weighted by Gasteiger charge is -2.15. The van der Waals surface area contributed by atoms with Gasteiger partial charge in [0.15, 0.2) is 0 Å². The van der Waals surface area contributed by atoms with Crippen molar-refractivity contribution in [3.63, 3.8) is 0 Å². The SMILES string of the molecule is Cc1ccc(S(=O)(=O)n2ccc3nc(C(C)Nc4ncc(-c5cc(C6CC6)[nH]n5)c(N)n4)c(F)cc32)cc1. The number of aromatic amines is 1. The largest absolute Gasteiger partial charge is 0.383 e. The Morgan fingerprint density at radius 3 is 2.63 bits per heavy atom. The van der Waals surface area contributed by atoms with Crippen molar-refractivity contribution in [2.45, 2.75) is 43.5 Å². The van der Waals surface area contributed by atoms with Crippen LogP contribution in [0.3, 0.4) is 0 Å². The number of pyridine rings is 1. The predicted octanol–water partition coefficient (Wildman–Crippen LogP) is 4.53. The third kappa shape index (κ3) is 4.26. The molecule has 194 valence electrons. The number of H-pyrrole nitrogens is 1. The van der Waals surface area contributed by atoms with E-state index in [1.54, 1.807) is 31.3 Å². The van der Waals surface area contributed by atoms with Crippen molar-refractivity contribution in [1.29, 1.82) is 0 Å². The van der Waals surface area contributed by atoms with Crippen LogP contribution in [0, 0.1) is 12.7 Å². The van der Waals surface area contributed by atoms with Crippen LogP contribution in [0.15, 0.2) is 59.8 Å². The number of fused-ring (bicyclic) bond motifs is 1. The van der Waals surface area contributed by atoms with Crippen LogP contribution in [-0.4, -0.2) is 37.5 Å². The summed E-state index contributed by atoms with van der Waals surface area (Å²) in [5, 5.41) is 10.4. The third-order valence-electron chi connectivity index (χ3n) is 6.66. The number of nitrogens with zero attached hydrogens (tertiary/aromatic N) is 5. The summed E-state index contributed by atoms with van der Waals surface area (Å²) in [7, 11) is -3.92. The molecule has 0 spiro atoms. The Bertz CT molecular complexity index is 1780. The van der Waals surface area contributed by atoms with Gasteiger partial charge in [0.25, 0.3) is 10.0 Å². The minimum absolute atomic E-state index is 0.0932. The summed E-state index contributed by atoms with van der Waals surface area (Å²) in [5.41, 5.74) is 10.0. The van der Waals surface area contributed by atoms with Crippen molar-refractivity contribution in [2.24, 2.45) is 0 Å². The van der Waals surface area contributed by atoms with E-state index in [1.165, 1.54) is 24.4 Å². The van der Waals surface area contributed by atoms with Crippen LogP contribution in [-0.2, 0) is 10.0 Å². The van der Waals surface area contributed by atoms with E-state index in [1.807, 2.05) is 13.0 Å². The molecule has 0 radical (unpaired) electrons. The van der Waals surface area contributed by atoms with E-state index in [0.29, 0.717) is 22.7 Å². The monoisotopic (exact) mass is 532 g/mol. The van der Waals surface area contributed by atoms with Crippen LogP contribution in [0.2, 0.25) is 0 Å². The first-order valence-electron chi connectivity index (χ1n) is 12.1. The number of hydrogen-bond donors (Lipinski definition) is 3. The Kier molecular flexibility index (Phi) is 5.64. The van der Waals surface area contributed by atoms with E-state index in [4.69, 9.17) is 5.73 Å². The van der Waals surface area contributed by atoms with Gasteiger partial charge < -0.3 is 11.1 Å². The zero-order valence-electron chi connectivity index (χ0n) is 20.7. The van der Waals surface area contributed by atoms with Gasteiger partial charge in [0, 0.05) is 30.1 Å². The molecule has 1 saturated carbocycles. The minimum Gasteiger partial charge on any atom is -0.383 e. The topological polar surface area (TPSA) is 144 Å². The summed E-state index contributed by atoms with van der Waals surface area (Å²) in [5.74, 6) is 0.313. The summed E-state index contributed by atoms with van der Waals surface area (Å²) in [6, 6.07) is 10.5. The number of nitrogens with two attached hydrogens (primary N) is 1. The number of hydrogen-bond acceptors (Lipinski definition) is 8. The fourth-order valence-corrected chi connectivity index (χ4v) is 5.70. The van der Waals surface area contributed by atoms with Gasteiger partial charge in [-0.1, -0.05) is 17.7 Å². The maximum Gasteiger partial charge on any atom is 0.268 e. The highest BCUT2D eigenvalue weighted by Gasteiger charge is 2.26. The first kappa shape index (κ1) is 24.0. The van der Waals surface area contributed by atoms with Gasteiger partial charge in [-0.25, -0.2) is 26.7 Å². The van der Waals surface area contributed by atoms with Crippen LogP contribution in [0.5, 0.6) is 0 Å². The lowest BCUT2D eigenvalue weighted by Crippen LogP contribution is -2.15. The number of halogens is 1. The number of benzene rings is 1. The quantitative estimate of drug-likeness (QED) is 0.277. The summed E-state index contributed by atoms with van der Waals surface area (Å²) in [6.07, 6.45) is 5.25. The second-order valence-electron chi connectivity index (χ2n) is 9.53. The molecule has 1 aromatic carbocycles. The van der Waals surface area contributed by atoms with E-state index in [2.05, 4.69) is 30.5 Å². The average molecular weight is 533 g/mol. The second-order valence-corrected chi connectivity index (χ2v) is 11.3. The number of aryl methyl sites for hydroxylation is 1. The maximum absolute atomic E-state index is 15.2. The smallest absolute Gasteiger partial charge is 0.268 e. The third-order valence-corrected chi connectivity index (χ3v) is 8.36. The standard InChI is InChI=1S/C26H25FN8O2S/c1-14-3-7-17(8-4-14)38(36,37)35-10-9-20-23(35)11-19(27)24(31-20)15(2)30-26-29-13-18(25(28)32-26)22-12-21(33-34-22)16-5-6-16/h3-4,7-13,15-16H,5-6H2,1-2H3,(H,33,34)(H3,28,29,30,32). The highest BCUT2D eigenvalue weighted by Crippen LogP contribution is 2.40. The second kappa shape index (κ2) is 8.91. The number of anilines is 2. The van der Waals surface area contributed by atoms with Gasteiger partial charge in [-0.05, 0) is 51.0 Å². The van der Waals surface area contributed by atoms with Crippen LogP contribution < -0.4 is 11.1 Å². The zero-order chi connectivity index (χ0) is 26.6. The summed E-state index contributed by atoms with van der Waals surface area (Å²) in [4.78, 5) is 13.2. The number of rotatable bonds is 7. The molecule has 38 heavy (non-hydrogen) atoms. The molecule has 1 unspecified atom stereocenters. The summed E-state index contributed by atoms with van der Waals surface area (Å²) >= 11 is 0. The van der Waals surface area contributed by atoms with Gasteiger partial charge in [0.05, 0.1) is 38.9 Å². The predicted molar refractivity (Wildman–Crippen MR) is 141 cm³/mol. The van der Waals surface area contributed by atoms with Crippen LogP contribution >= 0.6 is 0 Å². The number of nitrogen functional groups attached to an aromatic ring is 1. The van der Waals surface area contributed by atoms with Crippen LogP contribution in [0.25, 0.3) is 22.3 Å². The van der Waals surface area contributed by atoms with Crippen molar-refractivity contribution in [2.75, 3.05) is 11.1 Å². The molecule has 4 aromatic heterocycles. The lowest BCUT2D eigenvalue weighted by molar-refractivity contribution is 0.586. The molecule has 0 saturated heterocycles. The van der Waals surface area contributed by atoms with Crippen LogP contribution in [0.1, 0.15) is 48.7 Å². The van der Waals surface area contributed by atoms with E-state index in [0.717, 1.165) is 28.1 Å². The fourth-order valence-electron chi connectivity index (χ4n) is 4.37. The van der Waals surface area contributed by atoms with E-state index < -0.39 is 21.9 Å². The molecule has 1 atom stereocenters. The highest BCUT2D eigenvalue weighted by molar-refractivity contribution is 7.90. The first-order valence-corrected chi connectivity index (χ1v) is 13.6. The Morgan fingerprint density at radius 2 is 1.92 bits per heavy atom. The summed E-state index contributed by atoms with van der Waals surface area (Å²) < 4.78 is 42.6. The normalized spacial score (nSPS) is 14.6. The Morgan fingerprint density at radius 1 is 1.16 bits per heavy atom. The molecular formula is C26H25FN8O2S. The van der Waals surface area contributed by atoms with Crippen molar-refractivity contribution in [1.82, 2.24) is 29.1 Å². The van der Waals surface area contributed by atoms with Crippen molar-refractivity contribution >= 4 is 32.8 Å². The fraction of sp³-hybridized carbons (Fsp3) is 0.231. The highest BCUT2D eigenvalue weighted by atomic mass is 32.2. The molecule has 1 fully saturated rings. The molecule has 6 rings (SSSR count). The molecule has 0 bridgehead atoms. The molecule has 10 nitrogen and oxygen atoms in total. The molecular weight excluding hydrogens is 507 g/mol. The number of aromatic nitrogens is 6. The first-order chi connectivity index (χ1) is 18.2. The molecule has 1 aliphatic rings. The molecule has 0 amide bonds. The van der Waals surface area contributed by atoms with Gasteiger partial charge in [0.2, 0.25) is 5.95 Å². The Balaban J connectivity index is 1.25. The molecule has 0 aliphatic heterocycles. The number of nitrogens with one attached hydrogen (secondary N) is 2. The van der Waals surface area contributed by atoms with Crippen molar-refractivity contribution < 1.29 is 12.8 Å². The zero-order valence-corrected chi connectivity index (χ0v) is 21.5. The molecule has 4 N–H and O–H groups in total. The van der Waals surface area contributed by atoms with Crippen molar-refractivity contribution in [3.05, 3.63) is 77.6 Å². The van der Waals surface area contributed by atoms with Gasteiger partial charge in [0.1, 0.15) is 11.6 Å². The van der Waals surface area contributed by atoms with Gasteiger partial charge in [-0.3, -0.25) is 5.10 Å². The molecule has 12 heteroatoms. The minimum atomic E-state index is -3.92. The summed E-state index contributed by atoms with van der Waals surface area (Å²) in [6.45, 7) is 3.58. The van der Waals surface area contributed by atoms with E-state index in [-0.39, 0.29) is 27.9 Å². The maximum atomic E-state index is 15.2. The molecule has 4 heterocycles. The van der Waals surface area contributed by atoms with Gasteiger partial charge in [-0.2, -0.15) is 10.1 Å². The van der Waals surface area contributed by atoms with Gasteiger partial charge >= 0.3 is 0 Å². The molecule has 5 aromatic rings. The Hall–Kier alpha value is -4.32. The lowest BCUT2D eigenvalue weighted by atomic mass is 10.2. The Labute approximate surface area is 218 Å². The van der Waals surface area contributed by atoms with Gasteiger partial charge in [-0.15, -0.1) is 0 Å². The molecule has 1 aliphatic carbocycles.